The van der Waals surface area contributed by atoms with Gasteiger partial charge < -0.3 is 15.4 Å². The van der Waals surface area contributed by atoms with E-state index in [-0.39, 0.29) is 18.4 Å². The van der Waals surface area contributed by atoms with Crippen molar-refractivity contribution in [3.63, 3.8) is 0 Å². The molecule has 2 aromatic rings. The summed E-state index contributed by atoms with van der Waals surface area (Å²) in [6, 6.07) is 15.7. The maximum absolute atomic E-state index is 12.3. The van der Waals surface area contributed by atoms with Crippen molar-refractivity contribution >= 4 is 11.8 Å². The number of nitrogens with one attached hydrogen (secondary N) is 2. The van der Waals surface area contributed by atoms with Gasteiger partial charge in [-0.15, -0.1) is 0 Å². The van der Waals surface area contributed by atoms with Gasteiger partial charge in [-0.05, 0) is 68.6 Å². The van der Waals surface area contributed by atoms with E-state index in [1.807, 2.05) is 19.1 Å². The maximum atomic E-state index is 12.3. The highest BCUT2D eigenvalue weighted by Gasteiger charge is 2.19. The predicted octanol–water partition coefficient (Wildman–Crippen LogP) is 3.51. The largest absolute Gasteiger partial charge is 0.494 e. The van der Waals surface area contributed by atoms with Crippen molar-refractivity contribution < 1.29 is 14.3 Å². The van der Waals surface area contributed by atoms with Gasteiger partial charge in [-0.1, -0.05) is 30.7 Å². The van der Waals surface area contributed by atoms with Gasteiger partial charge in [-0.3, -0.25) is 14.5 Å². The van der Waals surface area contributed by atoms with Crippen LogP contribution in [-0.2, 0) is 17.9 Å². The first-order valence-electron chi connectivity index (χ1n) is 11.2. The molecule has 166 valence electrons. The molecule has 6 nitrogen and oxygen atoms in total. The Labute approximate surface area is 185 Å². The minimum absolute atomic E-state index is 0.0582. The number of piperidine rings is 1. The van der Waals surface area contributed by atoms with E-state index in [0.717, 1.165) is 24.4 Å². The molecule has 31 heavy (non-hydrogen) atoms. The number of amides is 2. The highest BCUT2D eigenvalue weighted by molar-refractivity contribution is 5.96. The molecule has 1 aliphatic heterocycles. The molecule has 1 saturated heterocycles. The number of rotatable bonds is 9. The number of carbonyl (C=O) groups excluding carboxylic acids is 2. The fraction of sp³-hybridized carbons (Fsp3) is 0.440. The van der Waals surface area contributed by atoms with E-state index in [2.05, 4.69) is 34.6 Å². The molecular weight excluding hydrogens is 390 g/mol. The van der Waals surface area contributed by atoms with Crippen LogP contribution in [0.2, 0.25) is 0 Å². The molecule has 0 spiro atoms. The highest BCUT2D eigenvalue weighted by Crippen LogP contribution is 2.20. The summed E-state index contributed by atoms with van der Waals surface area (Å²) in [6.45, 7) is 7.20. The van der Waals surface area contributed by atoms with Crippen LogP contribution in [0.25, 0.3) is 0 Å². The number of ether oxygens (including phenoxy) is 1. The number of carbonyl (C=O) groups is 2. The lowest BCUT2D eigenvalue weighted by Gasteiger charge is -2.33. The topological polar surface area (TPSA) is 70.7 Å². The Kier molecular flexibility index (Phi) is 8.47. The van der Waals surface area contributed by atoms with Crippen molar-refractivity contribution in [2.24, 2.45) is 0 Å². The molecule has 0 saturated carbocycles. The van der Waals surface area contributed by atoms with Crippen molar-refractivity contribution in [3.05, 3.63) is 65.2 Å². The second-order valence-electron chi connectivity index (χ2n) is 8.00. The summed E-state index contributed by atoms with van der Waals surface area (Å²) in [7, 11) is 0. The number of likely N-dealkylation sites (tertiary alicyclic amines) is 1. The second-order valence-corrected chi connectivity index (χ2v) is 8.00. The van der Waals surface area contributed by atoms with Gasteiger partial charge in [0.1, 0.15) is 5.75 Å². The summed E-state index contributed by atoms with van der Waals surface area (Å²) in [5, 5.41) is 5.60. The smallest absolute Gasteiger partial charge is 0.251 e. The zero-order valence-corrected chi connectivity index (χ0v) is 18.5. The SMILES string of the molecule is CCOc1ccc(C(=O)NCC(=O)NCc2ccccc2CN2CCCCC2C)cc1. The third-order valence-corrected chi connectivity index (χ3v) is 5.75. The zero-order chi connectivity index (χ0) is 22.1. The standard InChI is InChI=1S/C25H33N3O3/c1-3-31-23-13-11-20(12-14-23)25(30)27-17-24(29)26-16-21-9-4-5-10-22(21)18-28-15-7-6-8-19(28)2/h4-5,9-14,19H,3,6-8,15-18H2,1-2H3,(H,26,29)(H,27,30). The fourth-order valence-electron chi connectivity index (χ4n) is 3.88. The van der Waals surface area contributed by atoms with Gasteiger partial charge in [0.25, 0.3) is 5.91 Å². The van der Waals surface area contributed by atoms with Crippen molar-refractivity contribution in [1.82, 2.24) is 15.5 Å². The van der Waals surface area contributed by atoms with Gasteiger partial charge in [0.05, 0.1) is 13.2 Å². The van der Waals surface area contributed by atoms with E-state index in [0.29, 0.717) is 24.8 Å². The molecule has 0 radical (unpaired) electrons. The highest BCUT2D eigenvalue weighted by atomic mass is 16.5. The monoisotopic (exact) mass is 423 g/mol. The summed E-state index contributed by atoms with van der Waals surface area (Å²) in [5.74, 6) is 0.229. The lowest BCUT2D eigenvalue weighted by atomic mass is 10.0. The van der Waals surface area contributed by atoms with Crippen LogP contribution in [0, 0.1) is 0 Å². The quantitative estimate of drug-likeness (QED) is 0.648. The molecule has 2 aromatic carbocycles. The molecule has 6 heteroatoms. The molecule has 1 atom stereocenters. The van der Waals surface area contributed by atoms with Crippen LogP contribution in [0.4, 0.5) is 0 Å². The first kappa shape index (κ1) is 22.8. The Morgan fingerprint density at radius 2 is 1.77 bits per heavy atom. The van der Waals surface area contributed by atoms with Gasteiger partial charge in [-0.25, -0.2) is 0 Å². The van der Waals surface area contributed by atoms with E-state index >= 15 is 0 Å². The molecule has 0 bridgehead atoms. The first-order chi connectivity index (χ1) is 15.1. The Morgan fingerprint density at radius 3 is 2.48 bits per heavy atom. The fourth-order valence-corrected chi connectivity index (χ4v) is 3.88. The lowest BCUT2D eigenvalue weighted by molar-refractivity contribution is -0.120. The van der Waals surface area contributed by atoms with Gasteiger partial charge in [0.2, 0.25) is 5.91 Å². The average Bonchev–Trinajstić information content (AvgIpc) is 2.79. The van der Waals surface area contributed by atoms with Gasteiger partial charge >= 0.3 is 0 Å². The van der Waals surface area contributed by atoms with Gasteiger partial charge in [-0.2, -0.15) is 0 Å². The summed E-state index contributed by atoms with van der Waals surface area (Å²) in [5.41, 5.74) is 2.86. The first-order valence-corrected chi connectivity index (χ1v) is 11.2. The van der Waals surface area contributed by atoms with Crippen LogP contribution in [0.15, 0.2) is 48.5 Å². The third kappa shape index (κ3) is 6.82. The van der Waals surface area contributed by atoms with E-state index < -0.39 is 0 Å². The number of hydrogen-bond acceptors (Lipinski definition) is 4. The summed E-state index contributed by atoms with van der Waals surface area (Å²) in [6.07, 6.45) is 3.79. The van der Waals surface area contributed by atoms with Crippen LogP contribution in [-0.4, -0.2) is 42.5 Å². The molecule has 0 aliphatic carbocycles. The van der Waals surface area contributed by atoms with Crippen molar-refractivity contribution in [2.45, 2.75) is 52.2 Å². The van der Waals surface area contributed by atoms with Crippen molar-refractivity contribution in [2.75, 3.05) is 19.7 Å². The van der Waals surface area contributed by atoms with Gasteiger partial charge in [0, 0.05) is 24.7 Å². The summed E-state index contributed by atoms with van der Waals surface area (Å²) < 4.78 is 5.38. The summed E-state index contributed by atoms with van der Waals surface area (Å²) >= 11 is 0. The van der Waals surface area contributed by atoms with Crippen molar-refractivity contribution in [1.29, 1.82) is 0 Å². The van der Waals surface area contributed by atoms with Crippen LogP contribution in [0.5, 0.6) is 5.75 Å². The van der Waals surface area contributed by atoms with E-state index in [1.54, 1.807) is 24.3 Å². The number of nitrogens with zero attached hydrogens (tertiary/aromatic N) is 1. The molecule has 1 heterocycles. The summed E-state index contributed by atoms with van der Waals surface area (Å²) in [4.78, 5) is 27.1. The maximum Gasteiger partial charge on any atom is 0.251 e. The van der Waals surface area contributed by atoms with Crippen LogP contribution < -0.4 is 15.4 Å². The Balaban J connectivity index is 1.47. The van der Waals surface area contributed by atoms with Crippen LogP contribution >= 0.6 is 0 Å². The Bertz CT molecular complexity index is 867. The minimum atomic E-state index is -0.280. The number of benzene rings is 2. The zero-order valence-electron chi connectivity index (χ0n) is 18.5. The predicted molar refractivity (Wildman–Crippen MR) is 122 cm³/mol. The van der Waals surface area contributed by atoms with Crippen LogP contribution in [0.1, 0.15) is 54.6 Å². The molecule has 3 rings (SSSR count). The molecular formula is C25H33N3O3. The van der Waals surface area contributed by atoms with E-state index in [1.165, 1.54) is 24.8 Å². The third-order valence-electron chi connectivity index (χ3n) is 5.75. The molecule has 1 unspecified atom stereocenters. The Morgan fingerprint density at radius 1 is 1.03 bits per heavy atom. The van der Waals surface area contributed by atoms with E-state index in [4.69, 9.17) is 4.74 Å². The van der Waals surface area contributed by atoms with Crippen LogP contribution in [0.3, 0.4) is 0 Å². The molecule has 2 N–H and O–H groups in total. The second kappa shape index (κ2) is 11.5. The van der Waals surface area contributed by atoms with Gasteiger partial charge in [0.15, 0.2) is 0 Å². The average molecular weight is 424 g/mol. The van der Waals surface area contributed by atoms with E-state index in [9.17, 15) is 9.59 Å². The molecule has 1 aliphatic rings. The lowest BCUT2D eigenvalue weighted by Crippen LogP contribution is -2.38. The molecule has 1 fully saturated rings. The normalized spacial score (nSPS) is 16.5. The minimum Gasteiger partial charge on any atom is -0.494 e. The molecule has 0 aromatic heterocycles. The van der Waals surface area contributed by atoms with Crippen molar-refractivity contribution in [3.8, 4) is 5.75 Å². The molecule has 2 amide bonds. The number of hydrogen-bond donors (Lipinski definition) is 2. The Hall–Kier alpha value is -2.86.